The van der Waals surface area contributed by atoms with Crippen molar-refractivity contribution in [2.75, 3.05) is 31.7 Å². The topological polar surface area (TPSA) is 55.8 Å². The monoisotopic (exact) mass is 479 g/mol. The largest absolute Gasteiger partial charge is 0.490 e. The molecule has 1 saturated carbocycles. The van der Waals surface area contributed by atoms with Gasteiger partial charge in [-0.15, -0.1) is 0 Å². The quantitative estimate of drug-likeness (QED) is 0.327. The van der Waals surface area contributed by atoms with Gasteiger partial charge in [0.05, 0.1) is 25.0 Å². The molecule has 2 aliphatic carbocycles. The van der Waals surface area contributed by atoms with Crippen LogP contribution in [0.4, 0.5) is 5.69 Å². The lowest BCUT2D eigenvalue weighted by Crippen LogP contribution is -2.48. The molecule has 0 amide bonds. The number of fused-ring (bicyclic) bond motifs is 3. The fraction of sp³-hybridized carbons (Fsp3) is 0.429. The van der Waals surface area contributed by atoms with Crippen LogP contribution in [0.25, 0.3) is 0 Å². The fourth-order valence-electron chi connectivity index (χ4n) is 5.90. The highest BCUT2D eigenvalue weighted by Gasteiger charge is 2.43. The highest BCUT2D eigenvalue weighted by Crippen LogP contribution is 2.46. The third kappa shape index (κ3) is 4.22. The summed E-state index contributed by atoms with van der Waals surface area (Å²) >= 11 is 6.33. The summed E-state index contributed by atoms with van der Waals surface area (Å²) in [7, 11) is 1.40. The van der Waals surface area contributed by atoms with Gasteiger partial charge in [0.2, 0.25) is 0 Å². The zero-order valence-corrected chi connectivity index (χ0v) is 20.2. The van der Waals surface area contributed by atoms with Crippen molar-refractivity contribution < 1.29 is 19.1 Å². The number of hydrogen-bond acceptors (Lipinski definition) is 5. The second-order valence-electron chi connectivity index (χ2n) is 9.80. The second kappa shape index (κ2) is 9.46. The van der Waals surface area contributed by atoms with Crippen molar-refractivity contribution in [3.63, 3.8) is 0 Å². The summed E-state index contributed by atoms with van der Waals surface area (Å²) < 4.78 is 11.4. The third-order valence-electron chi connectivity index (χ3n) is 7.83. The number of halogens is 1. The molecule has 5 rings (SSSR count). The van der Waals surface area contributed by atoms with Crippen molar-refractivity contribution in [1.29, 1.82) is 0 Å². The average molecular weight is 480 g/mol. The average Bonchev–Trinajstić information content (AvgIpc) is 2.98. The number of esters is 1. The van der Waals surface area contributed by atoms with E-state index in [4.69, 9.17) is 21.1 Å². The van der Waals surface area contributed by atoms with E-state index in [9.17, 15) is 9.59 Å². The molecule has 6 heteroatoms. The second-order valence-corrected chi connectivity index (χ2v) is 10.2. The summed E-state index contributed by atoms with van der Waals surface area (Å²) in [5, 5.41) is 0.771. The molecule has 178 valence electrons. The van der Waals surface area contributed by atoms with Crippen molar-refractivity contribution in [3.05, 3.63) is 70.3 Å². The van der Waals surface area contributed by atoms with Crippen LogP contribution in [0.3, 0.4) is 0 Å². The molecule has 1 fully saturated rings. The van der Waals surface area contributed by atoms with Crippen LogP contribution in [-0.4, -0.2) is 39.1 Å². The zero-order chi connectivity index (χ0) is 23.7. The maximum Gasteiger partial charge on any atom is 0.337 e. The Labute approximate surface area is 205 Å². The van der Waals surface area contributed by atoms with Gasteiger partial charge in [0.1, 0.15) is 12.0 Å². The smallest absolute Gasteiger partial charge is 0.337 e. The summed E-state index contributed by atoms with van der Waals surface area (Å²) in [5.41, 5.74) is 3.93. The van der Waals surface area contributed by atoms with Gasteiger partial charge in [-0.2, -0.15) is 0 Å². The summed E-state index contributed by atoms with van der Waals surface area (Å²) in [4.78, 5) is 25.6. The standard InChI is InChI=1S/C28H30ClNO4/c1-33-27(32)21-8-11-26-25(15-21)30(16-22-7-6-19(22)5-3-13-31)17-28(18-34-26)12-2-4-20-14-23(29)9-10-24(20)28/h3,5,8-11,13-15,19,22H,2,4,6-7,12,16-18H2,1H3/b5-3+/t19-,22+,28?/m1/s1. The fourth-order valence-corrected chi connectivity index (χ4v) is 6.10. The first-order valence-corrected chi connectivity index (χ1v) is 12.4. The molecule has 2 aromatic rings. The van der Waals surface area contributed by atoms with E-state index in [1.807, 2.05) is 24.3 Å². The van der Waals surface area contributed by atoms with E-state index >= 15 is 0 Å². The summed E-state index contributed by atoms with van der Waals surface area (Å²) in [6.45, 7) is 2.24. The van der Waals surface area contributed by atoms with Gasteiger partial charge in [-0.25, -0.2) is 4.79 Å². The van der Waals surface area contributed by atoms with E-state index < -0.39 is 0 Å². The van der Waals surface area contributed by atoms with Gasteiger partial charge in [0.25, 0.3) is 0 Å². The number of hydrogen-bond donors (Lipinski definition) is 0. The zero-order valence-electron chi connectivity index (χ0n) is 19.5. The van der Waals surface area contributed by atoms with E-state index in [0.717, 1.165) is 67.9 Å². The van der Waals surface area contributed by atoms with Gasteiger partial charge < -0.3 is 14.4 Å². The predicted octanol–water partition coefficient (Wildman–Crippen LogP) is 5.38. The number of carbonyl (C=O) groups is 2. The lowest BCUT2D eigenvalue weighted by Gasteiger charge is -2.44. The Kier molecular flexibility index (Phi) is 6.39. The SMILES string of the molecule is COC(=O)c1ccc2c(c1)N(C[C@@H]1CC[C@H]1/C=C/C=O)CC1(CCCc3cc(Cl)ccc31)CO2. The normalized spacial score (nSPS) is 25.6. The summed E-state index contributed by atoms with van der Waals surface area (Å²) in [6.07, 6.45) is 9.88. The van der Waals surface area contributed by atoms with Crippen molar-refractivity contribution in [3.8, 4) is 5.75 Å². The molecular formula is C28H30ClNO4. The van der Waals surface area contributed by atoms with E-state index in [1.165, 1.54) is 18.2 Å². The Hall–Kier alpha value is -2.79. The summed E-state index contributed by atoms with van der Waals surface area (Å²) in [5.74, 6) is 1.30. The van der Waals surface area contributed by atoms with Crippen LogP contribution in [0.1, 0.15) is 47.2 Å². The molecule has 0 radical (unpaired) electrons. The molecule has 3 aliphatic rings. The Morgan fingerprint density at radius 1 is 1.26 bits per heavy atom. The molecule has 3 atom stereocenters. The molecule has 5 nitrogen and oxygen atoms in total. The number of aldehydes is 1. The van der Waals surface area contributed by atoms with Gasteiger partial charge in [-0.05, 0) is 91.5 Å². The molecule has 0 N–H and O–H groups in total. The minimum atomic E-state index is -0.352. The number of nitrogens with zero attached hydrogens (tertiary/aromatic N) is 1. The first-order valence-electron chi connectivity index (χ1n) is 12.0. The van der Waals surface area contributed by atoms with E-state index in [-0.39, 0.29) is 11.4 Å². The number of rotatable bonds is 5. The van der Waals surface area contributed by atoms with Crippen LogP contribution in [0.2, 0.25) is 5.02 Å². The van der Waals surface area contributed by atoms with Crippen molar-refractivity contribution >= 4 is 29.5 Å². The molecule has 1 unspecified atom stereocenters. The predicted molar refractivity (Wildman–Crippen MR) is 133 cm³/mol. The van der Waals surface area contributed by atoms with Crippen molar-refractivity contribution in [2.45, 2.75) is 37.5 Å². The van der Waals surface area contributed by atoms with E-state index in [0.29, 0.717) is 24.0 Å². The van der Waals surface area contributed by atoms with Crippen LogP contribution in [0.5, 0.6) is 5.75 Å². The van der Waals surface area contributed by atoms with Crippen molar-refractivity contribution in [2.24, 2.45) is 11.8 Å². The molecule has 0 aromatic heterocycles. The molecule has 1 spiro atoms. The highest BCUT2D eigenvalue weighted by atomic mass is 35.5. The minimum absolute atomic E-state index is 0.152. The van der Waals surface area contributed by atoms with Gasteiger partial charge in [-0.1, -0.05) is 23.7 Å². The Morgan fingerprint density at radius 2 is 2.15 bits per heavy atom. The van der Waals surface area contributed by atoms with Gasteiger partial charge in [0, 0.05) is 23.5 Å². The Bertz CT molecular complexity index is 1130. The number of benzene rings is 2. The van der Waals surface area contributed by atoms with Crippen LogP contribution in [0.15, 0.2) is 48.6 Å². The molecule has 1 aliphatic heterocycles. The minimum Gasteiger partial charge on any atom is -0.490 e. The van der Waals surface area contributed by atoms with Crippen LogP contribution in [0, 0.1) is 11.8 Å². The number of aryl methyl sites for hydroxylation is 1. The number of ether oxygens (including phenoxy) is 2. The lowest BCUT2D eigenvalue weighted by atomic mass is 9.69. The Balaban J connectivity index is 1.54. The van der Waals surface area contributed by atoms with Crippen LogP contribution in [-0.2, 0) is 21.4 Å². The van der Waals surface area contributed by atoms with Gasteiger partial charge in [-0.3, -0.25) is 4.79 Å². The van der Waals surface area contributed by atoms with Crippen LogP contribution >= 0.6 is 11.6 Å². The number of allylic oxidation sites excluding steroid dienone is 2. The molecular weight excluding hydrogens is 450 g/mol. The third-order valence-corrected chi connectivity index (χ3v) is 8.06. The molecule has 0 saturated heterocycles. The lowest BCUT2D eigenvalue weighted by molar-refractivity contribution is -0.104. The maximum absolute atomic E-state index is 12.3. The number of carbonyl (C=O) groups excluding carboxylic acids is 2. The number of methoxy groups -OCH3 is 1. The van der Waals surface area contributed by atoms with Crippen molar-refractivity contribution in [1.82, 2.24) is 0 Å². The van der Waals surface area contributed by atoms with E-state index in [2.05, 4.69) is 17.0 Å². The maximum atomic E-state index is 12.3. The first kappa shape index (κ1) is 23.0. The highest BCUT2D eigenvalue weighted by molar-refractivity contribution is 6.30. The van der Waals surface area contributed by atoms with E-state index in [1.54, 1.807) is 12.1 Å². The Morgan fingerprint density at radius 3 is 2.91 bits per heavy atom. The van der Waals surface area contributed by atoms with Gasteiger partial charge in [0.15, 0.2) is 0 Å². The van der Waals surface area contributed by atoms with Gasteiger partial charge >= 0.3 is 5.97 Å². The molecule has 0 bridgehead atoms. The molecule has 2 aromatic carbocycles. The summed E-state index contributed by atoms with van der Waals surface area (Å²) in [6, 6.07) is 11.8. The number of anilines is 1. The molecule has 1 heterocycles. The first-order chi connectivity index (χ1) is 16.5. The molecule has 34 heavy (non-hydrogen) atoms. The van der Waals surface area contributed by atoms with Crippen LogP contribution < -0.4 is 9.64 Å².